The van der Waals surface area contributed by atoms with Gasteiger partial charge in [-0.1, -0.05) is 0 Å². The van der Waals surface area contributed by atoms with Gasteiger partial charge in [0.15, 0.2) is 11.5 Å². The Morgan fingerprint density at radius 2 is 1.90 bits per heavy atom. The zero-order valence-electron chi connectivity index (χ0n) is 16.7. The maximum absolute atomic E-state index is 12.7. The van der Waals surface area contributed by atoms with E-state index in [9.17, 15) is 9.59 Å². The smallest absolute Gasteiger partial charge is 0.342 e. The van der Waals surface area contributed by atoms with Crippen LogP contribution in [-0.4, -0.2) is 32.7 Å². The number of amides is 1. The van der Waals surface area contributed by atoms with Gasteiger partial charge in [-0.2, -0.15) is 0 Å². The highest BCUT2D eigenvalue weighted by Crippen LogP contribution is 2.42. The molecule has 0 saturated carbocycles. The topological polar surface area (TPSA) is 87.0 Å². The second-order valence-corrected chi connectivity index (χ2v) is 6.94. The Bertz CT molecular complexity index is 1020. The van der Waals surface area contributed by atoms with Crippen LogP contribution in [0.5, 0.6) is 11.5 Å². The fraction of sp³-hybridized carbons (Fsp3) is 0.364. The van der Waals surface area contributed by atoms with Crippen molar-refractivity contribution >= 4 is 29.2 Å². The number of fused-ring (bicyclic) bond motifs is 2. The molecule has 0 fully saturated rings. The number of benzene rings is 1. The highest BCUT2D eigenvalue weighted by atomic mass is 16.5. The quantitative estimate of drug-likeness (QED) is 0.609. The van der Waals surface area contributed by atoms with Crippen molar-refractivity contribution in [2.45, 2.75) is 32.6 Å². The fourth-order valence-corrected chi connectivity index (χ4v) is 3.91. The average Bonchev–Trinajstić information content (AvgIpc) is 3.24. The molecule has 29 heavy (non-hydrogen) atoms. The number of nitrogens with one attached hydrogen (secondary N) is 1. The number of hydrogen-bond acceptors (Lipinski definition) is 6. The molecule has 0 radical (unpaired) electrons. The Morgan fingerprint density at radius 1 is 1.17 bits per heavy atom. The lowest BCUT2D eigenvalue weighted by Gasteiger charge is -2.10. The summed E-state index contributed by atoms with van der Waals surface area (Å²) in [5, 5.41) is 2.83. The van der Waals surface area contributed by atoms with Crippen LogP contribution in [0.4, 0.5) is 5.69 Å². The van der Waals surface area contributed by atoms with Crippen molar-refractivity contribution < 1.29 is 28.2 Å². The first-order valence-electron chi connectivity index (χ1n) is 9.68. The number of aryl methyl sites for hydroxylation is 1. The largest absolute Gasteiger partial charge is 0.493 e. The van der Waals surface area contributed by atoms with Crippen LogP contribution in [0, 0.1) is 0 Å². The number of anilines is 1. The Kier molecular flexibility index (Phi) is 5.05. The number of carbonyl (C=O) groups excluding carboxylic acids is 2. The summed E-state index contributed by atoms with van der Waals surface area (Å²) < 4.78 is 21.9. The lowest BCUT2D eigenvalue weighted by molar-refractivity contribution is -0.110. The molecule has 0 spiro atoms. The molecule has 7 heteroatoms. The number of furan rings is 1. The molecule has 1 aliphatic heterocycles. The number of rotatable bonds is 5. The maximum atomic E-state index is 12.7. The van der Waals surface area contributed by atoms with Crippen molar-refractivity contribution in [3.8, 4) is 11.5 Å². The molecule has 0 atom stereocenters. The van der Waals surface area contributed by atoms with Crippen molar-refractivity contribution in [1.29, 1.82) is 0 Å². The molecule has 1 aromatic carbocycles. The lowest BCUT2D eigenvalue weighted by atomic mass is 9.94. The molecule has 2 aliphatic rings. The summed E-state index contributed by atoms with van der Waals surface area (Å²) in [6.07, 6.45) is 5.18. The van der Waals surface area contributed by atoms with E-state index in [4.69, 9.17) is 18.6 Å². The van der Waals surface area contributed by atoms with E-state index in [0.29, 0.717) is 39.6 Å². The van der Waals surface area contributed by atoms with Crippen LogP contribution < -0.4 is 14.8 Å². The molecule has 1 aliphatic carbocycles. The number of carbonyl (C=O) groups is 2. The number of ether oxygens (including phenoxy) is 3. The van der Waals surface area contributed by atoms with E-state index in [-0.39, 0.29) is 12.5 Å². The summed E-state index contributed by atoms with van der Waals surface area (Å²) in [5.74, 6) is 1.50. The Hall–Kier alpha value is -3.22. The highest BCUT2D eigenvalue weighted by Gasteiger charge is 2.31. The highest BCUT2D eigenvalue weighted by molar-refractivity contribution is 6.35. The van der Waals surface area contributed by atoms with Gasteiger partial charge in [0, 0.05) is 23.6 Å². The van der Waals surface area contributed by atoms with E-state index >= 15 is 0 Å². The molecular formula is C22H23NO6. The first-order chi connectivity index (χ1) is 14.1. The van der Waals surface area contributed by atoms with Crippen LogP contribution in [0.15, 0.2) is 16.5 Å². The molecule has 152 valence electrons. The number of esters is 1. The molecule has 2 heterocycles. The molecule has 0 unspecified atom stereocenters. The average molecular weight is 397 g/mol. The summed E-state index contributed by atoms with van der Waals surface area (Å²) >= 11 is 0. The molecule has 0 saturated heterocycles. The molecule has 1 N–H and O–H groups in total. The summed E-state index contributed by atoms with van der Waals surface area (Å²) in [6.45, 7) is 2.04. The number of hydrogen-bond donors (Lipinski definition) is 1. The maximum Gasteiger partial charge on any atom is 0.342 e. The van der Waals surface area contributed by atoms with Gasteiger partial charge >= 0.3 is 5.97 Å². The Balaban J connectivity index is 1.85. The second-order valence-electron chi connectivity index (χ2n) is 6.94. The molecule has 4 rings (SSSR count). The fourth-order valence-electron chi connectivity index (χ4n) is 3.91. The predicted molar refractivity (Wildman–Crippen MR) is 107 cm³/mol. The van der Waals surface area contributed by atoms with Crippen molar-refractivity contribution in [2.75, 3.05) is 26.1 Å². The molecule has 1 amide bonds. The van der Waals surface area contributed by atoms with Gasteiger partial charge in [-0.25, -0.2) is 4.79 Å². The molecule has 7 nitrogen and oxygen atoms in total. The summed E-state index contributed by atoms with van der Waals surface area (Å²) in [5.41, 5.74) is 3.01. The monoisotopic (exact) mass is 397 g/mol. The normalized spacial score (nSPS) is 16.2. The summed E-state index contributed by atoms with van der Waals surface area (Å²) in [4.78, 5) is 25.3. The van der Waals surface area contributed by atoms with Crippen molar-refractivity contribution in [3.63, 3.8) is 0 Å². The minimum Gasteiger partial charge on any atom is -0.493 e. The van der Waals surface area contributed by atoms with Gasteiger partial charge in [0.1, 0.15) is 17.1 Å². The van der Waals surface area contributed by atoms with E-state index in [1.807, 2.05) is 0 Å². The summed E-state index contributed by atoms with van der Waals surface area (Å²) in [7, 11) is 3.08. The minimum absolute atomic E-state index is 0.273. The molecule has 0 bridgehead atoms. The first-order valence-corrected chi connectivity index (χ1v) is 9.68. The first kappa shape index (κ1) is 19.1. The third-order valence-corrected chi connectivity index (χ3v) is 5.26. The third-order valence-electron chi connectivity index (χ3n) is 5.26. The van der Waals surface area contributed by atoms with Crippen molar-refractivity contribution in [3.05, 3.63) is 40.3 Å². The zero-order chi connectivity index (χ0) is 20.5. The van der Waals surface area contributed by atoms with Crippen LogP contribution in [0.3, 0.4) is 0 Å². The van der Waals surface area contributed by atoms with Gasteiger partial charge in [-0.05, 0) is 38.3 Å². The van der Waals surface area contributed by atoms with Gasteiger partial charge < -0.3 is 23.9 Å². The van der Waals surface area contributed by atoms with Crippen LogP contribution >= 0.6 is 0 Å². The zero-order valence-corrected chi connectivity index (χ0v) is 16.7. The lowest BCUT2D eigenvalue weighted by Crippen LogP contribution is -2.10. The van der Waals surface area contributed by atoms with Crippen molar-refractivity contribution in [2.24, 2.45) is 0 Å². The second kappa shape index (κ2) is 7.66. The third kappa shape index (κ3) is 3.26. The van der Waals surface area contributed by atoms with E-state index in [1.54, 1.807) is 25.1 Å². The van der Waals surface area contributed by atoms with Crippen LogP contribution in [0.25, 0.3) is 11.6 Å². The van der Waals surface area contributed by atoms with E-state index in [2.05, 4.69) is 5.32 Å². The van der Waals surface area contributed by atoms with Gasteiger partial charge in [0.05, 0.1) is 32.1 Å². The van der Waals surface area contributed by atoms with Crippen molar-refractivity contribution in [1.82, 2.24) is 0 Å². The number of methoxy groups -OCH3 is 2. The SMILES string of the molecule is CCOC(=O)c1c(C=C2C(=O)Nc3cc(OC)c(OC)cc32)oc2c1CCCC2. The van der Waals surface area contributed by atoms with Crippen LogP contribution in [0.2, 0.25) is 0 Å². The molecule has 2 aromatic rings. The standard InChI is InChI=1S/C22H23NO6/c1-4-28-22(25)20-12-7-5-6-8-16(12)29-19(20)10-14-13-9-17(26-2)18(27-3)11-15(13)23-21(14)24/h9-11H,4-8H2,1-3H3,(H,23,24). The van der Waals surface area contributed by atoms with Gasteiger partial charge in [-0.3, -0.25) is 4.79 Å². The van der Waals surface area contributed by atoms with Gasteiger partial charge in [-0.15, -0.1) is 0 Å². The van der Waals surface area contributed by atoms with E-state index in [1.165, 1.54) is 14.2 Å². The molecular weight excluding hydrogens is 374 g/mol. The molecule has 1 aromatic heterocycles. The Labute approximate surface area is 168 Å². The Morgan fingerprint density at radius 3 is 2.62 bits per heavy atom. The summed E-state index contributed by atoms with van der Waals surface area (Å²) in [6, 6.07) is 3.46. The predicted octanol–water partition coefficient (Wildman–Crippen LogP) is 3.85. The van der Waals surface area contributed by atoms with Crippen LogP contribution in [-0.2, 0) is 22.4 Å². The van der Waals surface area contributed by atoms with Crippen LogP contribution in [0.1, 0.15) is 52.8 Å². The van der Waals surface area contributed by atoms with E-state index in [0.717, 1.165) is 37.0 Å². The van der Waals surface area contributed by atoms with E-state index < -0.39 is 5.97 Å². The minimum atomic E-state index is -0.419. The van der Waals surface area contributed by atoms with Gasteiger partial charge in [0.2, 0.25) is 0 Å². The van der Waals surface area contributed by atoms with Gasteiger partial charge in [0.25, 0.3) is 5.91 Å².